The Morgan fingerprint density at radius 2 is 1.95 bits per heavy atom. The standard InChI is InChI=1S/C17H16FN3O/c1-12-2-3-14(8-16(12)18)10-21-17(22)11-20-15-6-4-13(9-19)5-7-15/h2-8,20H,10-11H2,1H3,(H,21,22). The van der Waals surface area contributed by atoms with Crippen LogP contribution in [0.2, 0.25) is 0 Å². The first-order chi connectivity index (χ1) is 10.6. The summed E-state index contributed by atoms with van der Waals surface area (Å²) >= 11 is 0. The Labute approximate surface area is 128 Å². The van der Waals surface area contributed by atoms with E-state index < -0.39 is 0 Å². The monoisotopic (exact) mass is 297 g/mol. The van der Waals surface area contributed by atoms with Crippen molar-refractivity contribution in [2.75, 3.05) is 11.9 Å². The van der Waals surface area contributed by atoms with Crippen LogP contribution in [-0.2, 0) is 11.3 Å². The Kier molecular flexibility index (Phi) is 5.10. The van der Waals surface area contributed by atoms with Gasteiger partial charge in [0.15, 0.2) is 0 Å². The van der Waals surface area contributed by atoms with Crippen LogP contribution in [0.4, 0.5) is 10.1 Å². The first kappa shape index (κ1) is 15.5. The van der Waals surface area contributed by atoms with Crippen molar-refractivity contribution in [1.82, 2.24) is 5.32 Å². The van der Waals surface area contributed by atoms with Gasteiger partial charge in [-0.05, 0) is 48.4 Å². The minimum absolute atomic E-state index is 0.111. The Hall–Kier alpha value is -2.87. The third kappa shape index (κ3) is 4.32. The highest BCUT2D eigenvalue weighted by molar-refractivity contribution is 5.80. The van der Waals surface area contributed by atoms with Crippen molar-refractivity contribution >= 4 is 11.6 Å². The van der Waals surface area contributed by atoms with E-state index in [0.29, 0.717) is 11.1 Å². The van der Waals surface area contributed by atoms with Crippen LogP contribution >= 0.6 is 0 Å². The molecule has 0 spiro atoms. The third-order valence-electron chi connectivity index (χ3n) is 3.19. The van der Waals surface area contributed by atoms with E-state index in [4.69, 9.17) is 5.26 Å². The van der Waals surface area contributed by atoms with Gasteiger partial charge in [0.05, 0.1) is 18.2 Å². The second-order valence-electron chi connectivity index (χ2n) is 4.90. The van der Waals surface area contributed by atoms with E-state index >= 15 is 0 Å². The fourth-order valence-corrected chi connectivity index (χ4v) is 1.85. The van der Waals surface area contributed by atoms with Gasteiger partial charge in [0.25, 0.3) is 0 Å². The zero-order valence-corrected chi connectivity index (χ0v) is 12.2. The van der Waals surface area contributed by atoms with Crippen LogP contribution in [0.1, 0.15) is 16.7 Å². The summed E-state index contributed by atoms with van der Waals surface area (Å²) in [5.41, 5.74) is 2.62. The molecule has 112 valence electrons. The van der Waals surface area contributed by atoms with Crippen LogP contribution in [0.15, 0.2) is 42.5 Å². The summed E-state index contributed by atoms with van der Waals surface area (Å²) in [6.07, 6.45) is 0. The number of amides is 1. The number of carbonyl (C=O) groups is 1. The molecule has 4 nitrogen and oxygen atoms in total. The molecule has 0 unspecified atom stereocenters. The van der Waals surface area contributed by atoms with Crippen LogP contribution in [-0.4, -0.2) is 12.5 Å². The highest BCUT2D eigenvalue weighted by Gasteiger charge is 2.03. The lowest BCUT2D eigenvalue weighted by atomic mass is 10.1. The van der Waals surface area contributed by atoms with Crippen LogP contribution in [0.25, 0.3) is 0 Å². The van der Waals surface area contributed by atoms with Gasteiger partial charge in [-0.3, -0.25) is 4.79 Å². The van der Waals surface area contributed by atoms with Gasteiger partial charge >= 0.3 is 0 Å². The summed E-state index contributed by atoms with van der Waals surface area (Å²) in [5, 5.41) is 14.4. The fourth-order valence-electron chi connectivity index (χ4n) is 1.85. The molecule has 0 fully saturated rings. The van der Waals surface area contributed by atoms with Gasteiger partial charge in [0.2, 0.25) is 5.91 Å². The van der Waals surface area contributed by atoms with Gasteiger partial charge in [-0.25, -0.2) is 4.39 Å². The van der Waals surface area contributed by atoms with Crippen molar-refractivity contribution in [1.29, 1.82) is 5.26 Å². The number of halogens is 1. The van der Waals surface area contributed by atoms with E-state index in [2.05, 4.69) is 10.6 Å². The first-order valence-corrected chi connectivity index (χ1v) is 6.84. The van der Waals surface area contributed by atoms with E-state index in [1.165, 1.54) is 6.07 Å². The number of hydrogen-bond donors (Lipinski definition) is 2. The number of hydrogen-bond acceptors (Lipinski definition) is 3. The van der Waals surface area contributed by atoms with Crippen molar-refractivity contribution in [3.8, 4) is 6.07 Å². The summed E-state index contributed by atoms with van der Waals surface area (Å²) in [4.78, 5) is 11.7. The molecule has 0 aliphatic heterocycles. The molecule has 0 aromatic heterocycles. The number of rotatable bonds is 5. The first-order valence-electron chi connectivity index (χ1n) is 6.84. The van der Waals surface area contributed by atoms with Gasteiger partial charge in [-0.2, -0.15) is 5.26 Å². The normalized spacial score (nSPS) is 9.86. The number of aryl methyl sites for hydroxylation is 1. The van der Waals surface area contributed by atoms with E-state index in [9.17, 15) is 9.18 Å². The molecule has 1 amide bonds. The van der Waals surface area contributed by atoms with Crippen molar-refractivity contribution in [2.24, 2.45) is 0 Å². The number of anilines is 1. The zero-order valence-electron chi connectivity index (χ0n) is 12.2. The zero-order chi connectivity index (χ0) is 15.9. The van der Waals surface area contributed by atoms with E-state index in [1.54, 1.807) is 43.3 Å². The SMILES string of the molecule is Cc1ccc(CNC(=O)CNc2ccc(C#N)cc2)cc1F. The van der Waals surface area contributed by atoms with Crippen LogP contribution in [0.3, 0.4) is 0 Å². The van der Waals surface area contributed by atoms with Gasteiger partial charge < -0.3 is 10.6 Å². The molecule has 2 rings (SSSR count). The molecule has 0 heterocycles. The third-order valence-corrected chi connectivity index (χ3v) is 3.19. The molecular formula is C17H16FN3O. The molecule has 0 atom stereocenters. The van der Waals surface area contributed by atoms with E-state index in [1.807, 2.05) is 6.07 Å². The Balaban J connectivity index is 1.80. The highest BCUT2D eigenvalue weighted by Crippen LogP contribution is 2.09. The summed E-state index contributed by atoms with van der Waals surface area (Å²) in [7, 11) is 0. The van der Waals surface area contributed by atoms with Crippen molar-refractivity contribution in [2.45, 2.75) is 13.5 Å². The predicted octanol–water partition coefficient (Wildman–Crippen LogP) is 2.73. The fraction of sp³-hybridized carbons (Fsp3) is 0.176. The minimum Gasteiger partial charge on any atom is -0.376 e. The van der Waals surface area contributed by atoms with Gasteiger partial charge in [-0.15, -0.1) is 0 Å². The molecular weight excluding hydrogens is 281 g/mol. The Bertz CT molecular complexity index is 705. The second-order valence-corrected chi connectivity index (χ2v) is 4.90. The molecule has 5 heteroatoms. The summed E-state index contributed by atoms with van der Waals surface area (Å²) in [6, 6.07) is 13.7. The lowest BCUT2D eigenvalue weighted by molar-refractivity contribution is -0.119. The molecule has 2 aromatic carbocycles. The summed E-state index contributed by atoms with van der Waals surface area (Å²) in [6.45, 7) is 2.09. The van der Waals surface area contributed by atoms with E-state index in [0.717, 1.165) is 11.3 Å². The maximum atomic E-state index is 13.4. The number of nitrogens with zero attached hydrogens (tertiary/aromatic N) is 1. The average Bonchev–Trinajstić information content (AvgIpc) is 2.54. The van der Waals surface area contributed by atoms with Gasteiger partial charge in [0, 0.05) is 12.2 Å². The highest BCUT2D eigenvalue weighted by atomic mass is 19.1. The molecule has 0 aliphatic rings. The lowest BCUT2D eigenvalue weighted by Gasteiger charge is -2.08. The molecule has 0 bridgehead atoms. The largest absolute Gasteiger partial charge is 0.376 e. The van der Waals surface area contributed by atoms with Crippen LogP contribution in [0.5, 0.6) is 0 Å². The minimum atomic E-state index is -0.276. The maximum Gasteiger partial charge on any atom is 0.239 e. The quantitative estimate of drug-likeness (QED) is 0.892. The molecule has 0 aliphatic carbocycles. The predicted molar refractivity (Wildman–Crippen MR) is 82.6 cm³/mol. The number of benzene rings is 2. The molecule has 22 heavy (non-hydrogen) atoms. The number of nitriles is 1. The molecule has 0 radical (unpaired) electrons. The molecule has 0 saturated heterocycles. The van der Waals surface area contributed by atoms with Crippen LogP contribution < -0.4 is 10.6 Å². The maximum absolute atomic E-state index is 13.4. The second kappa shape index (κ2) is 7.23. The van der Waals surface area contributed by atoms with Gasteiger partial charge in [0.1, 0.15) is 5.82 Å². The summed E-state index contributed by atoms with van der Waals surface area (Å²) < 4.78 is 13.4. The van der Waals surface area contributed by atoms with E-state index in [-0.39, 0.29) is 24.8 Å². The average molecular weight is 297 g/mol. The molecule has 2 N–H and O–H groups in total. The van der Waals surface area contributed by atoms with Crippen LogP contribution in [0, 0.1) is 24.1 Å². The van der Waals surface area contributed by atoms with Crippen molar-refractivity contribution in [3.63, 3.8) is 0 Å². The number of nitrogens with one attached hydrogen (secondary N) is 2. The Morgan fingerprint density at radius 1 is 1.23 bits per heavy atom. The molecule has 0 saturated carbocycles. The summed E-state index contributed by atoms with van der Waals surface area (Å²) in [5.74, 6) is -0.465. The van der Waals surface area contributed by atoms with Crippen molar-refractivity contribution in [3.05, 3.63) is 65.0 Å². The van der Waals surface area contributed by atoms with Gasteiger partial charge in [-0.1, -0.05) is 12.1 Å². The molecule has 2 aromatic rings. The van der Waals surface area contributed by atoms with Crippen molar-refractivity contribution < 1.29 is 9.18 Å². The smallest absolute Gasteiger partial charge is 0.239 e. The lowest BCUT2D eigenvalue weighted by Crippen LogP contribution is -2.29. The topological polar surface area (TPSA) is 64.9 Å². The Morgan fingerprint density at radius 3 is 2.59 bits per heavy atom. The number of carbonyl (C=O) groups excluding carboxylic acids is 1.